The first-order valence-corrected chi connectivity index (χ1v) is 10.4. The number of rotatable bonds is 8. The van der Waals surface area contributed by atoms with Crippen LogP contribution in [0.5, 0.6) is 0 Å². The molecule has 0 atom stereocenters. The fourth-order valence-corrected chi connectivity index (χ4v) is 3.38. The van der Waals surface area contributed by atoms with E-state index in [0.29, 0.717) is 18.8 Å². The van der Waals surface area contributed by atoms with Gasteiger partial charge in [0.1, 0.15) is 0 Å². The third kappa shape index (κ3) is 5.64. The van der Waals surface area contributed by atoms with E-state index < -0.39 is 19.7 Å². The van der Waals surface area contributed by atoms with E-state index in [1.807, 2.05) is 0 Å². The molecule has 1 aromatic carbocycles. The number of sulfone groups is 2. The van der Waals surface area contributed by atoms with Gasteiger partial charge in [-0.25, -0.2) is 16.8 Å². The Bertz CT molecular complexity index is 682. The van der Waals surface area contributed by atoms with Crippen LogP contribution >= 0.6 is 0 Å². The second-order valence-corrected chi connectivity index (χ2v) is 8.88. The van der Waals surface area contributed by atoms with Crippen LogP contribution in [0.25, 0.3) is 0 Å². The van der Waals surface area contributed by atoms with E-state index in [2.05, 4.69) is 17.6 Å². The first-order chi connectivity index (χ1) is 9.66. The van der Waals surface area contributed by atoms with Crippen molar-refractivity contribution in [1.29, 1.82) is 0 Å². The maximum atomic E-state index is 11.8. The number of hydrogen-bond acceptors (Lipinski definition) is 6. The molecule has 2 N–H and O–H groups in total. The van der Waals surface area contributed by atoms with E-state index in [1.165, 1.54) is 18.2 Å². The summed E-state index contributed by atoms with van der Waals surface area (Å²) in [6.45, 7) is 4.21. The summed E-state index contributed by atoms with van der Waals surface area (Å²) in [4.78, 5) is -0.00139. The van der Waals surface area contributed by atoms with Gasteiger partial charge in [-0.05, 0) is 31.2 Å². The van der Waals surface area contributed by atoms with Gasteiger partial charge in [-0.3, -0.25) is 0 Å². The highest BCUT2D eigenvalue weighted by Crippen LogP contribution is 2.24. The summed E-state index contributed by atoms with van der Waals surface area (Å²) < 4.78 is 46.7. The van der Waals surface area contributed by atoms with E-state index in [9.17, 15) is 16.8 Å². The lowest BCUT2D eigenvalue weighted by Crippen LogP contribution is -2.23. The standard InChI is InChI=1S/C13H22N2O4S2/c1-4-7-14-8-9-15-12-6-5-11(20(2,16)17)10-13(12)21(3,18)19/h5-6,10,14-15H,4,7-9H2,1-3H3. The third-order valence-corrected chi connectivity index (χ3v) is 5.07. The Morgan fingerprint density at radius 3 is 2.14 bits per heavy atom. The lowest BCUT2D eigenvalue weighted by Gasteiger charge is -2.12. The smallest absolute Gasteiger partial charge is 0.177 e. The summed E-state index contributed by atoms with van der Waals surface area (Å²) in [5.74, 6) is 0. The molecule has 21 heavy (non-hydrogen) atoms. The zero-order chi connectivity index (χ0) is 16.1. The Balaban J connectivity index is 2.99. The maximum Gasteiger partial charge on any atom is 0.177 e. The molecule has 120 valence electrons. The van der Waals surface area contributed by atoms with Crippen molar-refractivity contribution in [3.63, 3.8) is 0 Å². The van der Waals surface area contributed by atoms with Crippen molar-refractivity contribution in [3.8, 4) is 0 Å². The summed E-state index contributed by atoms with van der Waals surface area (Å²) in [7, 11) is -6.95. The molecule has 1 aromatic rings. The van der Waals surface area contributed by atoms with Crippen LogP contribution in [0, 0.1) is 0 Å². The van der Waals surface area contributed by atoms with Gasteiger partial charge in [0.05, 0.1) is 15.5 Å². The molecule has 0 amide bonds. The molecule has 6 nitrogen and oxygen atoms in total. The Morgan fingerprint density at radius 2 is 1.62 bits per heavy atom. The molecule has 0 bridgehead atoms. The summed E-state index contributed by atoms with van der Waals surface area (Å²) in [6, 6.07) is 4.10. The Labute approximate surface area is 126 Å². The van der Waals surface area contributed by atoms with Gasteiger partial charge in [0.15, 0.2) is 19.7 Å². The van der Waals surface area contributed by atoms with E-state index in [1.54, 1.807) is 0 Å². The molecular formula is C13H22N2O4S2. The van der Waals surface area contributed by atoms with Gasteiger partial charge in [0.2, 0.25) is 0 Å². The fourth-order valence-electron chi connectivity index (χ4n) is 1.77. The number of anilines is 1. The quantitative estimate of drug-likeness (QED) is 0.687. The number of benzene rings is 1. The van der Waals surface area contributed by atoms with Crippen LogP contribution in [-0.2, 0) is 19.7 Å². The largest absolute Gasteiger partial charge is 0.383 e. The predicted octanol–water partition coefficient (Wildman–Crippen LogP) is 0.905. The SMILES string of the molecule is CCCNCCNc1ccc(S(C)(=O)=O)cc1S(C)(=O)=O. The maximum absolute atomic E-state index is 11.8. The zero-order valence-corrected chi connectivity index (χ0v) is 14.1. The highest BCUT2D eigenvalue weighted by molar-refractivity contribution is 7.91. The van der Waals surface area contributed by atoms with Crippen LogP contribution in [0.2, 0.25) is 0 Å². The molecule has 0 fully saturated rings. The van der Waals surface area contributed by atoms with Gasteiger partial charge in [-0.15, -0.1) is 0 Å². The van der Waals surface area contributed by atoms with Crippen LogP contribution in [-0.4, -0.2) is 49.0 Å². The molecular weight excluding hydrogens is 312 g/mol. The summed E-state index contributed by atoms with van der Waals surface area (Å²) >= 11 is 0. The van der Waals surface area contributed by atoms with Crippen molar-refractivity contribution >= 4 is 25.4 Å². The minimum Gasteiger partial charge on any atom is -0.383 e. The van der Waals surface area contributed by atoms with Gasteiger partial charge in [-0.1, -0.05) is 6.92 Å². The van der Waals surface area contributed by atoms with E-state index in [4.69, 9.17) is 0 Å². The van der Waals surface area contributed by atoms with E-state index in [-0.39, 0.29) is 9.79 Å². The molecule has 0 radical (unpaired) electrons. The monoisotopic (exact) mass is 334 g/mol. The molecule has 0 aromatic heterocycles. The number of hydrogen-bond donors (Lipinski definition) is 2. The third-order valence-electron chi connectivity index (χ3n) is 2.82. The average molecular weight is 334 g/mol. The van der Waals surface area contributed by atoms with Crippen LogP contribution in [0.4, 0.5) is 5.69 Å². The molecule has 0 heterocycles. The molecule has 1 rings (SSSR count). The van der Waals surface area contributed by atoms with Crippen LogP contribution in [0.1, 0.15) is 13.3 Å². The van der Waals surface area contributed by atoms with E-state index >= 15 is 0 Å². The van der Waals surface area contributed by atoms with Gasteiger partial charge >= 0.3 is 0 Å². The van der Waals surface area contributed by atoms with Crippen LogP contribution in [0.3, 0.4) is 0 Å². The minimum absolute atomic E-state index is 0.000849. The highest BCUT2D eigenvalue weighted by Gasteiger charge is 2.17. The molecule has 0 aliphatic carbocycles. The van der Waals surface area contributed by atoms with Crippen molar-refractivity contribution < 1.29 is 16.8 Å². The highest BCUT2D eigenvalue weighted by atomic mass is 32.2. The van der Waals surface area contributed by atoms with Gasteiger partial charge in [0.25, 0.3) is 0 Å². The average Bonchev–Trinajstić information content (AvgIpc) is 2.36. The topological polar surface area (TPSA) is 92.3 Å². The molecule has 0 saturated heterocycles. The summed E-state index contributed by atoms with van der Waals surface area (Å²) in [5, 5.41) is 6.21. The van der Waals surface area contributed by atoms with Gasteiger partial charge < -0.3 is 10.6 Å². The Hall–Kier alpha value is -1.12. The van der Waals surface area contributed by atoms with Crippen molar-refractivity contribution in [2.45, 2.75) is 23.1 Å². The summed E-state index contributed by atoms with van der Waals surface area (Å²) in [6.07, 6.45) is 3.14. The fraction of sp³-hybridized carbons (Fsp3) is 0.538. The van der Waals surface area contributed by atoms with E-state index in [0.717, 1.165) is 25.5 Å². The van der Waals surface area contributed by atoms with Crippen molar-refractivity contribution in [2.24, 2.45) is 0 Å². The molecule has 0 aliphatic heterocycles. The molecule has 0 unspecified atom stereocenters. The lowest BCUT2D eigenvalue weighted by atomic mass is 10.3. The predicted molar refractivity (Wildman–Crippen MR) is 84.3 cm³/mol. The summed E-state index contributed by atoms with van der Waals surface area (Å²) in [5.41, 5.74) is 0.420. The van der Waals surface area contributed by atoms with Crippen LogP contribution < -0.4 is 10.6 Å². The minimum atomic E-state index is -3.51. The van der Waals surface area contributed by atoms with Gasteiger partial charge in [0, 0.05) is 25.6 Å². The number of nitrogens with one attached hydrogen (secondary N) is 2. The second kappa shape index (κ2) is 7.24. The zero-order valence-electron chi connectivity index (χ0n) is 12.5. The molecule has 0 aliphatic rings. The van der Waals surface area contributed by atoms with Crippen molar-refractivity contribution in [3.05, 3.63) is 18.2 Å². The second-order valence-electron chi connectivity index (χ2n) is 4.88. The normalized spacial score (nSPS) is 12.3. The Kier molecular flexibility index (Phi) is 6.18. The van der Waals surface area contributed by atoms with Crippen molar-refractivity contribution in [1.82, 2.24) is 5.32 Å². The van der Waals surface area contributed by atoms with Gasteiger partial charge in [-0.2, -0.15) is 0 Å². The molecule has 8 heteroatoms. The molecule has 0 spiro atoms. The lowest BCUT2D eigenvalue weighted by molar-refractivity contribution is 0.600. The van der Waals surface area contributed by atoms with Crippen molar-refractivity contribution in [2.75, 3.05) is 37.5 Å². The first kappa shape index (κ1) is 17.9. The first-order valence-electron chi connectivity index (χ1n) is 6.65. The Morgan fingerprint density at radius 1 is 0.952 bits per heavy atom. The molecule has 0 saturated carbocycles. The van der Waals surface area contributed by atoms with Crippen LogP contribution in [0.15, 0.2) is 28.0 Å².